The lowest BCUT2D eigenvalue weighted by molar-refractivity contribution is 0.0112. The van der Waals surface area contributed by atoms with Crippen LogP contribution in [-0.4, -0.2) is 55.7 Å². The molecule has 11 heteroatoms. The van der Waals surface area contributed by atoms with Crippen molar-refractivity contribution in [1.29, 1.82) is 0 Å². The molecule has 4 aromatic rings. The Labute approximate surface area is 226 Å². The first-order chi connectivity index (χ1) is 18.2. The summed E-state index contributed by atoms with van der Waals surface area (Å²) in [5, 5.41) is 27.5. The van der Waals surface area contributed by atoms with Gasteiger partial charge in [-0.2, -0.15) is 0 Å². The van der Waals surface area contributed by atoms with Crippen molar-refractivity contribution in [2.45, 2.75) is 36.3 Å². The number of aromatic nitrogens is 1. The van der Waals surface area contributed by atoms with E-state index in [-0.39, 0.29) is 17.2 Å². The fourth-order valence-electron chi connectivity index (χ4n) is 4.11. The van der Waals surface area contributed by atoms with E-state index in [1.54, 1.807) is 42.6 Å². The standard InChI is InChI=1S/C27H33N3O6S2/c1-3-35-12-13-36-24-10-5-9-22-20(17-28-26(22)24)16-27(2,32)29-18-23(31)19-7-4-8-21(15-19)30-38(33,34)25-11-6-14-37-25/h4-11,14-15,17,23,28-32H,3,12-13,16,18H2,1-2H3/t23-,27-/m0/s1. The van der Waals surface area contributed by atoms with Crippen LogP contribution in [0.25, 0.3) is 10.9 Å². The second-order valence-corrected chi connectivity index (χ2v) is 11.9. The molecule has 5 N–H and O–H groups in total. The van der Waals surface area contributed by atoms with Gasteiger partial charge in [0.15, 0.2) is 0 Å². The zero-order chi connectivity index (χ0) is 27.2. The van der Waals surface area contributed by atoms with E-state index in [1.165, 1.54) is 6.07 Å². The van der Waals surface area contributed by atoms with E-state index in [0.29, 0.717) is 36.8 Å². The van der Waals surface area contributed by atoms with Gasteiger partial charge in [0, 0.05) is 36.8 Å². The molecule has 2 atom stereocenters. The predicted molar refractivity (Wildman–Crippen MR) is 149 cm³/mol. The van der Waals surface area contributed by atoms with Gasteiger partial charge in [0.25, 0.3) is 10.0 Å². The normalized spacial score (nSPS) is 14.3. The van der Waals surface area contributed by atoms with Gasteiger partial charge in [-0.15, -0.1) is 11.3 Å². The Morgan fingerprint density at radius 2 is 1.95 bits per heavy atom. The smallest absolute Gasteiger partial charge is 0.271 e. The van der Waals surface area contributed by atoms with Crippen LogP contribution in [0, 0.1) is 0 Å². The van der Waals surface area contributed by atoms with Gasteiger partial charge in [-0.05, 0) is 54.6 Å². The molecule has 0 saturated carbocycles. The van der Waals surface area contributed by atoms with Crippen molar-refractivity contribution in [2.75, 3.05) is 31.1 Å². The number of hydrogen-bond acceptors (Lipinski definition) is 8. The van der Waals surface area contributed by atoms with Gasteiger partial charge < -0.3 is 24.7 Å². The van der Waals surface area contributed by atoms with Crippen molar-refractivity contribution >= 4 is 38.0 Å². The molecule has 0 radical (unpaired) electrons. The molecule has 0 unspecified atom stereocenters. The van der Waals surface area contributed by atoms with Crippen LogP contribution >= 0.6 is 11.3 Å². The Balaban J connectivity index is 1.37. The maximum absolute atomic E-state index is 12.5. The topological polar surface area (TPSA) is 133 Å². The van der Waals surface area contributed by atoms with Gasteiger partial charge in [0.1, 0.15) is 22.3 Å². The molecule has 0 fully saturated rings. The highest BCUT2D eigenvalue weighted by Crippen LogP contribution is 2.29. The van der Waals surface area contributed by atoms with Gasteiger partial charge in [0.2, 0.25) is 0 Å². The highest BCUT2D eigenvalue weighted by atomic mass is 32.2. The zero-order valence-electron chi connectivity index (χ0n) is 21.3. The maximum Gasteiger partial charge on any atom is 0.271 e. The minimum atomic E-state index is -3.69. The lowest BCUT2D eigenvalue weighted by Gasteiger charge is -2.26. The minimum Gasteiger partial charge on any atom is -0.489 e. The summed E-state index contributed by atoms with van der Waals surface area (Å²) in [6.07, 6.45) is 1.15. The van der Waals surface area contributed by atoms with Crippen molar-refractivity contribution in [2.24, 2.45) is 0 Å². The lowest BCUT2D eigenvalue weighted by Crippen LogP contribution is -2.46. The summed E-state index contributed by atoms with van der Waals surface area (Å²) in [5.41, 5.74) is 1.28. The Morgan fingerprint density at radius 3 is 2.71 bits per heavy atom. The second kappa shape index (κ2) is 12.3. The molecule has 0 aliphatic rings. The number of para-hydroxylation sites is 1. The summed E-state index contributed by atoms with van der Waals surface area (Å²) in [5.74, 6) is 0.714. The molecule has 0 aliphatic carbocycles. The number of fused-ring (bicyclic) bond motifs is 1. The summed E-state index contributed by atoms with van der Waals surface area (Å²) in [7, 11) is -3.69. The number of ether oxygens (including phenoxy) is 2. The molecule has 204 valence electrons. The van der Waals surface area contributed by atoms with Crippen molar-refractivity contribution < 1.29 is 28.1 Å². The number of H-pyrrole nitrogens is 1. The average molecular weight is 560 g/mol. The van der Waals surface area contributed by atoms with Crippen molar-refractivity contribution in [1.82, 2.24) is 10.3 Å². The van der Waals surface area contributed by atoms with Crippen LogP contribution in [0.5, 0.6) is 5.75 Å². The molecule has 2 aromatic heterocycles. The van der Waals surface area contributed by atoms with Gasteiger partial charge >= 0.3 is 0 Å². The number of aromatic amines is 1. The molecule has 0 bridgehead atoms. The molecule has 2 aromatic carbocycles. The molecule has 2 heterocycles. The van der Waals surface area contributed by atoms with Gasteiger partial charge in [-0.3, -0.25) is 10.0 Å². The zero-order valence-corrected chi connectivity index (χ0v) is 22.9. The van der Waals surface area contributed by atoms with E-state index in [2.05, 4.69) is 15.0 Å². The minimum absolute atomic E-state index is 0.0578. The monoisotopic (exact) mass is 559 g/mol. The second-order valence-electron chi connectivity index (χ2n) is 9.05. The molecule has 0 spiro atoms. The van der Waals surface area contributed by atoms with E-state index >= 15 is 0 Å². The van der Waals surface area contributed by atoms with E-state index in [0.717, 1.165) is 27.8 Å². The number of anilines is 1. The first kappa shape index (κ1) is 28.1. The Kier molecular flexibility index (Phi) is 9.08. The summed E-state index contributed by atoms with van der Waals surface area (Å²) >= 11 is 1.13. The molecule has 0 amide bonds. The average Bonchev–Trinajstić information content (AvgIpc) is 3.57. The van der Waals surface area contributed by atoms with Crippen LogP contribution in [0.2, 0.25) is 0 Å². The van der Waals surface area contributed by atoms with Crippen molar-refractivity contribution in [3.8, 4) is 5.75 Å². The molecular weight excluding hydrogens is 526 g/mol. The van der Waals surface area contributed by atoms with Gasteiger partial charge in [-0.25, -0.2) is 8.42 Å². The van der Waals surface area contributed by atoms with Crippen molar-refractivity contribution in [3.05, 3.63) is 77.3 Å². The number of benzene rings is 2. The predicted octanol–water partition coefficient (Wildman–Crippen LogP) is 4.02. The molecule has 0 saturated heterocycles. The van der Waals surface area contributed by atoms with Crippen LogP contribution < -0.4 is 14.8 Å². The van der Waals surface area contributed by atoms with E-state index in [9.17, 15) is 18.6 Å². The third-order valence-corrected chi connectivity index (χ3v) is 8.73. The highest BCUT2D eigenvalue weighted by molar-refractivity contribution is 7.94. The van der Waals surface area contributed by atoms with E-state index in [1.807, 2.05) is 31.3 Å². The molecule has 38 heavy (non-hydrogen) atoms. The molecule has 9 nitrogen and oxygen atoms in total. The van der Waals surface area contributed by atoms with Crippen LogP contribution in [0.4, 0.5) is 5.69 Å². The number of rotatable bonds is 14. The third-order valence-electron chi connectivity index (χ3n) is 5.95. The quantitative estimate of drug-likeness (QED) is 0.116. The summed E-state index contributed by atoms with van der Waals surface area (Å²) in [6, 6.07) is 15.5. The summed E-state index contributed by atoms with van der Waals surface area (Å²) in [4.78, 5) is 3.24. The number of nitrogens with one attached hydrogen (secondary N) is 3. The summed E-state index contributed by atoms with van der Waals surface area (Å²) in [6.45, 7) is 5.22. The Bertz CT molecular complexity index is 1430. The first-order valence-electron chi connectivity index (χ1n) is 12.3. The third kappa shape index (κ3) is 7.13. The number of aliphatic hydroxyl groups is 2. The van der Waals surface area contributed by atoms with E-state index in [4.69, 9.17) is 9.47 Å². The van der Waals surface area contributed by atoms with Crippen molar-refractivity contribution in [3.63, 3.8) is 0 Å². The number of hydrogen-bond donors (Lipinski definition) is 5. The van der Waals surface area contributed by atoms with Crippen LogP contribution in [-0.2, 0) is 21.2 Å². The number of sulfonamides is 1. The lowest BCUT2D eigenvalue weighted by atomic mass is 10.0. The Hall–Kier alpha value is -2.93. The van der Waals surface area contributed by atoms with E-state index < -0.39 is 21.9 Å². The van der Waals surface area contributed by atoms with Crippen LogP contribution in [0.3, 0.4) is 0 Å². The first-order valence-corrected chi connectivity index (χ1v) is 14.7. The molecule has 4 rings (SSSR count). The van der Waals surface area contributed by atoms with Crippen LogP contribution in [0.1, 0.15) is 31.1 Å². The fraction of sp³-hybridized carbons (Fsp3) is 0.333. The van der Waals surface area contributed by atoms with Crippen LogP contribution in [0.15, 0.2) is 70.4 Å². The van der Waals surface area contributed by atoms with Gasteiger partial charge in [-0.1, -0.05) is 30.3 Å². The number of thiophene rings is 1. The molecular formula is C27H33N3O6S2. The maximum atomic E-state index is 12.5. The van der Waals surface area contributed by atoms with Gasteiger partial charge in [0.05, 0.1) is 18.2 Å². The Morgan fingerprint density at radius 1 is 1.13 bits per heavy atom. The largest absolute Gasteiger partial charge is 0.489 e. The SMILES string of the molecule is CCOCCOc1cccc2c(C[C@](C)(O)NC[C@H](O)c3cccc(NS(=O)(=O)c4cccs4)c3)c[nH]c12. The molecule has 0 aliphatic heterocycles. The fourth-order valence-corrected chi connectivity index (χ4v) is 6.15. The summed E-state index contributed by atoms with van der Waals surface area (Å²) < 4.78 is 39.0. The number of aliphatic hydroxyl groups excluding tert-OH is 1. The highest BCUT2D eigenvalue weighted by Gasteiger charge is 2.24.